The van der Waals surface area contributed by atoms with Crippen molar-refractivity contribution in [2.75, 3.05) is 14.2 Å². The van der Waals surface area contributed by atoms with Crippen LogP contribution < -0.4 is 4.74 Å². The molecular formula is C38H33F6NO5. The summed E-state index contributed by atoms with van der Waals surface area (Å²) >= 11 is 0. The Labute approximate surface area is 284 Å². The number of ether oxygens (including phenoxy) is 3. The van der Waals surface area contributed by atoms with Gasteiger partial charge in [-0.25, -0.2) is 9.59 Å². The maximum absolute atomic E-state index is 13.6. The maximum Gasteiger partial charge on any atom is 0.416 e. The molecule has 4 aromatic rings. The minimum atomic E-state index is -5.05. The van der Waals surface area contributed by atoms with Gasteiger partial charge in [-0.1, -0.05) is 24.3 Å². The van der Waals surface area contributed by atoms with Crippen molar-refractivity contribution in [3.63, 3.8) is 0 Å². The molecule has 2 atom stereocenters. The first-order valence-corrected chi connectivity index (χ1v) is 15.9. The monoisotopic (exact) mass is 697 g/mol. The molecule has 0 radical (unpaired) electrons. The summed E-state index contributed by atoms with van der Waals surface area (Å²) in [5.74, 6) is 0.0963. The average Bonchev–Trinajstić information content (AvgIpc) is 3.65. The Balaban J connectivity index is 1.40. The molecule has 6 rings (SSSR count). The maximum atomic E-state index is 13.6. The third-order valence-electron chi connectivity index (χ3n) is 9.44. The quantitative estimate of drug-likeness (QED) is 0.142. The number of hydrogen-bond donors (Lipinski definition) is 0. The first-order valence-electron chi connectivity index (χ1n) is 15.9. The fourth-order valence-corrected chi connectivity index (χ4v) is 6.86. The number of carbonyl (C=O) groups is 2. The summed E-state index contributed by atoms with van der Waals surface area (Å²) in [6, 6.07) is 15.3. The van der Waals surface area contributed by atoms with Gasteiger partial charge in [0, 0.05) is 5.56 Å². The number of benzene rings is 4. The average molecular weight is 698 g/mol. The lowest BCUT2D eigenvalue weighted by molar-refractivity contribution is -0.143. The largest absolute Gasteiger partial charge is 0.496 e. The van der Waals surface area contributed by atoms with Gasteiger partial charge < -0.3 is 14.2 Å². The van der Waals surface area contributed by atoms with Crippen molar-refractivity contribution in [2.24, 2.45) is 0 Å². The summed E-state index contributed by atoms with van der Waals surface area (Å²) in [5.41, 5.74) is 4.00. The molecule has 1 aliphatic carbocycles. The Morgan fingerprint density at radius 1 is 0.840 bits per heavy atom. The first kappa shape index (κ1) is 34.8. The van der Waals surface area contributed by atoms with E-state index in [1.807, 2.05) is 37.3 Å². The predicted octanol–water partition coefficient (Wildman–Crippen LogP) is 9.73. The molecule has 0 spiro atoms. The molecule has 0 bridgehead atoms. The number of cyclic esters (lactones) is 1. The fourth-order valence-electron chi connectivity index (χ4n) is 6.86. The number of esters is 1. The van der Waals surface area contributed by atoms with Gasteiger partial charge in [0.05, 0.1) is 43.5 Å². The Morgan fingerprint density at radius 2 is 1.50 bits per heavy atom. The zero-order valence-electron chi connectivity index (χ0n) is 27.6. The van der Waals surface area contributed by atoms with Gasteiger partial charge in [0.15, 0.2) is 0 Å². The Morgan fingerprint density at radius 3 is 2.10 bits per heavy atom. The van der Waals surface area contributed by atoms with E-state index in [1.165, 1.54) is 26.0 Å². The van der Waals surface area contributed by atoms with Crippen LogP contribution in [0.5, 0.6) is 5.75 Å². The van der Waals surface area contributed by atoms with Crippen molar-refractivity contribution in [1.29, 1.82) is 0 Å². The number of amides is 1. The molecule has 0 saturated carbocycles. The molecular weight excluding hydrogens is 664 g/mol. The highest BCUT2D eigenvalue weighted by molar-refractivity contribution is 5.91. The number of carbonyl (C=O) groups excluding carboxylic acids is 2. The lowest BCUT2D eigenvalue weighted by atomic mass is 9.90. The summed E-state index contributed by atoms with van der Waals surface area (Å²) < 4.78 is 98.0. The topological polar surface area (TPSA) is 65.1 Å². The molecule has 50 heavy (non-hydrogen) atoms. The van der Waals surface area contributed by atoms with E-state index in [4.69, 9.17) is 14.2 Å². The summed E-state index contributed by atoms with van der Waals surface area (Å²) in [4.78, 5) is 26.7. The van der Waals surface area contributed by atoms with Crippen LogP contribution in [0, 0.1) is 6.92 Å². The van der Waals surface area contributed by atoms with Crippen molar-refractivity contribution in [3.8, 4) is 28.0 Å². The molecule has 12 heteroatoms. The van der Waals surface area contributed by atoms with E-state index in [0.29, 0.717) is 29.0 Å². The molecule has 1 fully saturated rings. The highest BCUT2D eigenvalue weighted by Crippen LogP contribution is 2.44. The number of rotatable bonds is 7. The highest BCUT2D eigenvalue weighted by Gasteiger charge is 2.43. The van der Waals surface area contributed by atoms with Crippen LogP contribution >= 0.6 is 0 Å². The van der Waals surface area contributed by atoms with E-state index in [1.54, 1.807) is 12.1 Å². The number of aryl methyl sites for hydroxylation is 3. The van der Waals surface area contributed by atoms with E-state index in [2.05, 4.69) is 6.07 Å². The van der Waals surface area contributed by atoms with Crippen LogP contribution in [0.3, 0.4) is 0 Å². The lowest BCUT2D eigenvalue weighted by Gasteiger charge is -2.24. The smallest absolute Gasteiger partial charge is 0.416 e. The van der Waals surface area contributed by atoms with Gasteiger partial charge in [0.25, 0.3) is 0 Å². The van der Waals surface area contributed by atoms with Crippen molar-refractivity contribution in [3.05, 3.63) is 111 Å². The number of halogens is 6. The molecule has 6 nitrogen and oxygen atoms in total. The number of fused-ring (bicyclic) bond motifs is 1. The molecule has 1 saturated heterocycles. The number of hydrogen-bond acceptors (Lipinski definition) is 5. The van der Waals surface area contributed by atoms with Crippen molar-refractivity contribution in [2.45, 2.75) is 64.2 Å². The minimum absolute atomic E-state index is 0.0234. The number of methoxy groups -OCH3 is 2. The molecule has 0 aromatic heterocycles. The highest BCUT2D eigenvalue weighted by atomic mass is 19.4. The third-order valence-corrected chi connectivity index (χ3v) is 9.44. The van der Waals surface area contributed by atoms with Crippen LogP contribution in [0.1, 0.15) is 68.8 Å². The number of alkyl halides is 6. The second kappa shape index (κ2) is 13.0. The Kier molecular flexibility index (Phi) is 9.09. The predicted molar refractivity (Wildman–Crippen MR) is 173 cm³/mol. The van der Waals surface area contributed by atoms with Crippen LogP contribution in [0.25, 0.3) is 22.3 Å². The normalized spacial score (nSPS) is 17.5. The SMILES string of the molecule is COC(=O)c1ccc(-c2ccc(OC)c(-c3cc4c(cc3CN3C(=O)O[C@H](c5cc(C(F)(F)F)cc(C(F)(F)F)c5)[C@@H]3C)CCC4)c2)c(C)c1. The molecule has 0 N–H and O–H groups in total. The van der Waals surface area contributed by atoms with E-state index in [0.717, 1.165) is 58.2 Å². The molecule has 1 aliphatic heterocycles. The van der Waals surface area contributed by atoms with Gasteiger partial charge in [-0.2, -0.15) is 26.3 Å². The van der Waals surface area contributed by atoms with Gasteiger partial charge in [0.1, 0.15) is 11.9 Å². The van der Waals surface area contributed by atoms with Crippen LogP contribution in [-0.2, 0) is 41.2 Å². The third kappa shape index (κ3) is 6.63. The molecule has 1 heterocycles. The first-order chi connectivity index (χ1) is 23.6. The van der Waals surface area contributed by atoms with Gasteiger partial charge >= 0.3 is 24.4 Å². The Hall–Kier alpha value is -5.00. The molecule has 4 aromatic carbocycles. The molecule has 262 valence electrons. The molecule has 2 aliphatic rings. The standard InChI is InChI=1S/C38H33F6NO5/c1-20-12-25(35(46)49-4)8-10-30(20)24-9-11-33(48-3)32(17-24)31-16-23-7-5-6-22(23)13-27(31)19-45-21(2)34(50-36(45)47)26-14-28(37(39,40)41)18-29(15-26)38(42,43)44/h8-18,21,34H,5-7,19H2,1-4H3/t21-,34-/m0/s1. The summed E-state index contributed by atoms with van der Waals surface area (Å²) in [6.45, 7) is 3.40. The van der Waals surface area contributed by atoms with Crippen molar-refractivity contribution < 1.29 is 50.1 Å². The van der Waals surface area contributed by atoms with E-state index in [-0.39, 0.29) is 12.6 Å². The van der Waals surface area contributed by atoms with Crippen LogP contribution in [-0.4, -0.2) is 37.2 Å². The Bertz CT molecular complexity index is 1950. The van der Waals surface area contributed by atoms with Gasteiger partial charge in [-0.3, -0.25) is 4.90 Å². The van der Waals surface area contributed by atoms with E-state index < -0.39 is 53.3 Å². The van der Waals surface area contributed by atoms with E-state index >= 15 is 0 Å². The summed E-state index contributed by atoms with van der Waals surface area (Å²) in [6.07, 6.45) is -9.73. The van der Waals surface area contributed by atoms with Gasteiger partial charge in [-0.05, 0) is 120 Å². The van der Waals surface area contributed by atoms with Crippen LogP contribution in [0.2, 0.25) is 0 Å². The second-order valence-electron chi connectivity index (χ2n) is 12.6. The van der Waals surface area contributed by atoms with Crippen LogP contribution in [0.4, 0.5) is 31.1 Å². The van der Waals surface area contributed by atoms with Crippen molar-refractivity contribution >= 4 is 12.1 Å². The second-order valence-corrected chi connectivity index (χ2v) is 12.6. The zero-order valence-corrected chi connectivity index (χ0v) is 27.6. The molecule has 0 unspecified atom stereocenters. The van der Waals surface area contributed by atoms with E-state index in [9.17, 15) is 35.9 Å². The summed E-state index contributed by atoms with van der Waals surface area (Å²) in [5, 5.41) is 0. The lowest BCUT2D eigenvalue weighted by Crippen LogP contribution is -2.31. The van der Waals surface area contributed by atoms with Crippen molar-refractivity contribution in [1.82, 2.24) is 4.90 Å². The van der Waals surface area contributed by atoms with Crippen LogP contribution in [0.15, 0.2) is 66.7 Å². The minimum Gasteiger partial charge on any atom is -0.496 e. The zero-order chi connectivity index (χ0) is 36.1. The summed E-state index contributed by atoms with van der Waals surface area (Å²) in [7, 11) is 2.85. The van der Waals surface area contributed by atoms with Gasteiger partial charge in [0.2, 0.25) is 0 Å². The number of nitrogens with zero attached hydrogens (tertiary/aromatic N) is 1. The fraction of sp³-hybridized carbons (Fsp3) is 0.316. The van der Waals surface area contributed by atoms with Gasteiger partial charge in [-0.15, -0.1) is 0 Å². The molecule has 1 amide bonds.